The number of amides is 1. The number of rotatable bonds is 10. The highest BCUT2D eigenvalue weighted by molar-refractivity contribution is 7.89. The molecule has 0 unspecified atom stereocenters. The standard InChI is InChI=1S/C27H25FN4O4S/c28-21-9-13-23(14-10-21)36-22-11-7-20(8-12-22)25-5-2-6-26(32-25)27(33)30-15-16-31-37(34,35)24-4-1-3-19(17-24)18-29/h1-14,17,31H,15-16,18,29H2,(H,30,33). The second-order valence-electron chi connectivity index (χ2n) is 7.99. The zero-order valence-corrected chi connectivity index (χ0v) is 20.5. The zero-order chi connectivity index (χ0) is 26.3. The second-order valence-corrected chi connectivity index (χ2v) is 9.76. The average molecular weight is 521 g/mol. The molecule has 8 nitrogen and oxygen atoms in total. The molecule has 0 aliphatic rings. The fourth-order valence-electron chi connectivity index (χ4n) is 3.43. The lowest BCUT2D eigenvalue weighted by Crippen LogP contribution is -2.35. The Morgan fingerprint density at radius 1 is 0.892 bits per heavy atom. The number of sulfonamides is 1. The van der Waals surface area contributed by atoms with Gasteiger partial charge in [-0.15, -0.1) is 0 Å². The molecule has 4 rings (SSSR count). The molecule has 37 heavy (non-hydrogen) atoms. The Morgan fingerprint density at radius 3 is 2.27 bits per heavy atom. The summed E-state index contributed by atoms with van der Waals surface area (Å²) in [7, 11) is -3.72. The fourth-order valence-corrected chi connectivity index (χ4v) is 4.53. The molecule has 0 spiro atoms. The van der Waals surface area contributed by atoms with Gasteiger partial charge in [0.25, 0.3) is 5.91 Å². The van der Waals surface area contributed by atoms with Gasteiger partial charge in [-0.1, -0.05) is 18.2 Å². The van der Waals surface area contributed by atoms with Crippen molar-refractivity contribution in [3.63, 3.8) is 0 Å². The number of pyridine rings is 1. The van der Waals surface area contributed by atoms with Crippen molar-refractivity contribution in [1.29, 1.82) is 0 Å². The lowest BCUT2D eigenvalue weighted by molar-refractivity contribution is 0.0949. The number of carbonyl (C=O) groups is 1. The Kier molecular flexibility index (Phi) is 8.24. The number of nitrogens with zero attached hydrogens (tertiary/aromatic N) is 1. The van der Waals surface area contributed by atoms with Gasteiger partial charge in [0.15, 0.2) is 0 Å². The zero-order valence-electron chi connectivity index (χ0n) is 19.7. The Balaban J connectivity index is 1.32. The van der Waals surface area contributed by atoms with E-state index in [1.807, 2.05) is 0 Å². The van der Waals surface area contributed by atoms with E-state index in [2.05, 4.69) is 15.0 Å². The van der Waals surface area contributed by atoms with E-state index < -0.39 is 15.9 Å². The van der Waals surface area contributed by atoms with Gasteiger partial charge in [-0.2, -0.15) is 0 Å². The fraction of sp³-hybridized carbons (Fsp3) is 0.111. The predicted octanol–water partition coefficient (Wildman–Crippen LogP) is 3.85. The van der Waals surface area contributed by atoms with E-state index in [-0.39, 0.29) is 36.0 Å². The van der Waals surface area contributed by atoms with Crippen molar-refractivity contribution in [3.8, 4) is 22.8 Å². The van der Waals surface area contributed by atoms with Crippen molar-refractivity contribution < 1.29 is 22.3 Å². The highest BCUT2D eigenvalue weighted by Crippen LogP contribution is 2.25. The van der Waals surface area contributed by atoms with Crippen LogP contribution in [0.3, 0.4) is 0 Å². The molecule has 190 valence electrons. The summed E-state index contributed by atoms with van der Waals surface area (Å²) in [5, 5.41) is 2.67. The summed E-state index contributed by atoms with van der Waals surface area (Å²) in [6, 6.07) is 24.3. The van der Waals surface area contributed by atoms with Crippen LogP contribution in [0.25, 0.3) is 11.3 Å². The smallest absolute Gasteiger partial charge is 0.269 e. The second kappa shape index (κ2) is 11.7. The molecule has 3 aromatic carbocycles. The number of carbonyl (C=O) groups excluding carboxylic acids is 1. The van der Waals surface area contributed by atoms with Gasteiger partial charge in [-0.25, -0.2) is 22.5 Å². The van der Waals surface area contributed by atoms with Gasteiger partial charge in [-0.05, 0) is 78.4 Å². The number of ether oxygens (including phenoxy) is 1. The van der Waals surface area contributed by atoms with E-state index >= 15 is 0 Å². The van der Waals surface area contributed by atoms with Crippen LogP contribution < -0.4 is 20.5 Å². The summed E-state index contributed by atoms with van der Waals surface area (Å²) in [6.07, 6.45) is 0. The van der Waals surface area contributed by atoms with Gasteiger partial charge in [0.05, 0.1) is 10.6 Å². The van der Waals surface area contributed by atoms with Crippen LogP contribution in [-0.2, 0) is 16.6 Å². The molecule has 1 aromatic heterocycles. The Morgan fingerprint density at radius 2 is 1.57 bits per heavy atom. The van der Waals surface area contributed by atoms with Crippen molar-refractivity contribution in [3.05, 3.63) is 108 Å². The molecule has 0 saturated heterocycles. The van der Waals surface area contributed by atoms with Gasteiger partial charge < -0.3 is 15.8 Å². The van der Waals surface area contributed by atoms with Crippen LogP contribution in [0, 0.1) is 5.82 Å². The molecule has 1 amide bonds. The first kappa shape index (κ1) is 26.0. The summed E-state index contributed by atoms with van der Waals surface area (Å²) in [4.78, 5) is 17.1. The monoisotopic (exact) mass is 520 g/mol. The van der Waals surface area contributed by atoms with Crippen LogP contribution in [0.2, 0.25) is 0 Å². The van der Waals surface area contributed by atoms with E-state index in [4.69, 9.17) is 10.5 Å². The lowest BCUT2D eigenvalue weighted by atomic mass is 10.1. The molecule has 0 atom stereocenters. The molecule has 0 bridgehead atoms. The van der Waals surface area contributed by atoms with E-state index in [0.29, 0.717) is 22.8 Å². The summed E-state index contributed by atoms with van der Waals surface area (Å²) < 4.78 is 46.1. The maximum Gasteiger partial charge on any atom is 0.269 e. The van der Waals surface area contributed by atoms with Crippen LogP contribution in [-0.4, -0.2) is 32.4 Å². The van der Waals surface area contributed by atoms with Gasteiger partial charge in [0.2, 0.25) is 10.0 Å². The maximum atomic E-state index is 13.1. The van der Waals surface area contributed by atoms with Gasteiger partial charge in [-0.3, -0.25) is 4.79 Å². The minimum absolute atomic E-state index is 0.0101. The minimum Gasteiger partial charge on any atom is -0.457 e. The number of aromatic nitrogens is 1. The summed E-state index contributed by atoms with van der Waals surface area (Å²) >= 11 is 0. The number of hydrogen-bond donors (Lipinski definition) is 3. The third-order valence-electron chi connectivity index (χ3n) is 5.33. The van der Waals surface area contributed by atoms with Crippen LogP contribution >= 0.6 is 0 Å². The van der Waals surface area contributed by atoms with Crippen LogP contribution in [0.15, 0.2) is 95.9 Å². The number of hydrogen-bond acceptors (Lipinski definition) is 6. The molecule has 0 aliphatic carbocycles. The molecule has 0 radical (unpaired) electrons. The van der Waals surface area contributed by atoms with Crippen LogP contribution in [0.5, 0.6) is 11.5 Å². The SMILES string of the molecule is NCc1cccc(S(=O)(=O)NCCNC(=O)c2cccc(-c3ccc(Oc4ccc(F)cc4)cc3)n2)c1. The van der Waals surface area contributed by atoms with Gasteiger partial charge >= 0.3 is 0 Å². The highest BCUT2D eigenvalue weighted by Gasteiger charge is 2.14. The molecule has 1 heterocycles. The molecule has 4 aromatic rings. The molecule has 4 N–H and O–H groups in total. The van der Waals surface area contributed by atoms with Gasteiger partial charge in [0, 0.05) is 25.2 Å². The van der Waals surface area contributed by atoms with Crippen LogP contribution in [0.1, 0.15) is 16.1 Å². The third-order valence-corrected chi connectivity index (χ3v) is 6.79. The van der Waals surface area contributed by atoms with E-state index in [1.54, 1.807) is 54.6 Å². The van der Waals surface area contributed by atoms with E-state index in [0.717, 1.165) is 5.56 Å². The Labute approximate surface area is 214 Å². The van der Waals surface area contributed by atoms with E-state index in [9.17, 15) is 17.6 Å². The number of benzene rings is 3. The summed E-state index contributed by atoms with van der Waals surface area (Å²) in [5.41, 5.74) is 7.83. The molecule has 10 heteroatoms. The number of nitrogens with one attached hydrogen (secondary N) is 2. The number of halogens is 1. The lowest BCUT2D eigenvalue weighted by Gasteiger charge is -2.10. The Bertz CT molecular complexity index is 1480. The molecule has 0 fully saturated rings. The van der Waals surface area contributed by atoms with Crippen molar-refractivity contribution in [2.75, 3.05) is 13.1 Å². The quantitative estimate of drug-likeness (QED) is 0.273. The highest BCUT2D eigenvalue weighted by atomic mass is 32.2. The predicted molar refractivity (Wildman–Crippen MR) is 138 cm³/mol. The first-order valence-corrected chi connectivity index (χ1v) is 12.9. The topological polar surface area (TPSA) is 123 Å². The Hall–Kier alpha value is -4.12. The number of nitrogens with two attached hydrogens (primary N) is 1. The molecular weight excluding hydrogens is 495 g/mol. The van der Waals surface area contributed by atoms with Crippen molar-refractivity contribution in [2.24, 2.45) is 5.73 Å². The molecule has 0 aliphatic heterocycles. The van der Waals surface area contributed by atoms with Gasteiger partial charge in [0.1, 0.15) is 23.0 Å². The summed E-state index contributed by atoms with van der Waals surface area (Å²) in [5.74, 6) is 0.314. The van der Waals surface area contributed by atoms with Crippen molar-refractivity contribution >= 4 is 15.9 Å². The third kappa shape index (κ3) is 6.98. The molecule has 0 saturated carbocycles. The normalized spacial score (nSPS) is 11.2. The first-order chi connectivity index (χ1) is 17.8. The summed E-state index contributed by atoms with van der Waals surface area (Å²) in [6.45, 7) is 0.325. The first-order valence-electron chi connectivity index (χ1n) is 11.4. The maximum absolute atomic E-state index is 13.1. The van der Waals surface area contributed by atoms with E-state index in [1.165, 1.54) is 36.4 Å². The van der Waals surface area contributed by atoms with Crippen LogP contribution in [0.4, 0.5) is 4.39 Å². The van der Waals surface area contributed by atoms with Crippen molar-refractivity contribution in [2.45, 2.75) is 11.4 Å². The molecular formula is C27H25FN4O4S. The minimum atomic E-state index is -3.72. The van der Waals surface area contributed by atoms with Crippen molar-refractivity contribution in [1.82, 2.24) is 15.0 Å². The largest absolute Gasteiger partial charge is 0.457 e. The average Bonchev–Trinajstić information content (AvgIpc) is 2.93.